The molecular weight excluding hydrogens is 336 g/mol. The van der Waals surface area contributed by atoms with E-state index in [0.29, 0.717) is 17.9 Å². The van der Waals surface area contributed by atoms with Gasteiger partial charge in [0.05, 0.1) is 12.2 Å². The van der Waals surface area contributed by atoms with Crippen LogP contribution < -0.4 is 10.6 Å². The van der Waals surface area contributed by atoms with Gasteiger partial charge in [0.15, 0.2) is 0 Å². The lowest BCUT2D eigenvalue weighted by Crippen LogP contribution is -2.23. The van der Waals surface area contributed by atoms with Gasteiger partial charge in [-0.25, -0.2) is 4.98 Å². The number of anilines is 2. The number of aromatic nitrogens is 2. The van der Waals surface area contributed by atoms with Crippen LogP contribution in [-0.4, -0.2) is 15.9 Å². The predicted octanol–water partition coefficient (Wildman–Crippen LogP) is 4.28. The Bertz CT molecular complexity index is 887. The molecule has 0 atom stereocenters. The predicted molar refractivity (Wildman–Crippen MR) is 108 cm³/mol. The van der Waals surface area contributed by atoms with Crippen LogP contribution >= 0.6 is 0 Å². The fourth-order valence-corrected chi connectivity index (χ4v) is 2.95. The summed E-state index contributed by atoms with van der Waals surface area (Å²) in [4.78, 5) is 21.1. The van der Waals surface area contributed by atoms with E-state index >= 15 is 0 Å². The number of aryl methyl sites for hydroxylation is 2. The number of hydrogen-bond acceptors (Lipinski definition) is 4. The molecule has 138 valence electrons. The highest BCUT2D eigenvalue weighted by atomic mass is 16.1. The molecular formula is C22H24N4O. The summed E-state index contributed by atoms with van der Waals surface area (Å²) in [6.07, 6.45) is 5.23. The molecule has 0 saturated carbocycles. The van der Waals surface area contributed by atoms with E-state index in [0.717, 1.165) is 24.2 Å². The minimum absolute atomic E-state index is 0.148. The number of amides is 1. The topological polar surface area (TPSA) is 66.9 Å². The molecule has 27 heavy (non-hydrogen) atoms. The molecule has 3 aromatic rings. The molecule has 5 heteroatoms. The van der Waals surface area contributed by atoms with Crippen LogP contribution in [0.4, 0.5) is 11.5 Å². The molecule has 3 rings (SSSR count). The van der Waals surface area contributed by atoms with Crippen molar-refractivity contribution in [2.45, 2.75) is 33.2 Å². The monoisotopic (exact) mass is 360 g/mol. The van der Waals surface area contributed by atoms with Gasteiger partial charge < -0.3 is 10.6 Å². The zero-order valence-corrected chi connectivity index (χ0v) is 15.7. The molecule has 2 aromatic heterocycles. The number of nitrogens with zero attached hydrogens (tertiary/aromatic N) is 2. The van der Waals surface area contributed by atoms with E-state index in [1.54, 1.807) is 24.5 Å². The third-order valence-electron chi connectivity index (χ3n) is 4.43. The van der Waals surface area contributed by atoms with Crippen LogP contribution in [0, 0.1) is 0 Å². The quantitative estimate of drug-likeness (QED) is 0.660. The molecule has 0 aliphatic rings. The van der Waals surface area contributed by atoms with E-state index in [1.165, 1.54) is 11.1 Å². The maximum Gasteiger partial charge on any atom is 0.251 e. The Morgan fingerprint density at radius 3 is 2.37 bits per heavy atom. The average Bonchev–Trinajstić information content (AvgIpc) is 2.73. The summed E-state index contributed by atoms with van der Waals surface area (Å²) in [6.45, 7) is 4.66. The summed E-state index contributed by atoms with van der Waals surface area (Å²) in [5.41, 5.74) is 4.95. The maximum atomic E-state index is 12.5. The van der Waals surface area contributed by atoms with Crippen molar-refractivity contribution >= 4 is 17.4 Å². The molecule has 0 aliphatic heterocycles. The molecule has 0 fully saturated rings. The Balaban J connectivity index is 1.75. The molecule has 0 radical (unpaired) electrons. The van der Waals surface area contributed by atoms with Crippen LogP contribution in [0.25, 0.3) is 0 Å². The van der Waals surface area contributed by atoms with Gasteiger partial charge in [-0.3, -0.25) is 9.78 Å². The van der Waals surface area contributed by atoms with E-state index in [4.69, 9.17) is 0 Å². The third-order valence-corrected chi connectivity index (χ3v) is 4.43. The van der Waals surface area contributed by atoms with Crippen molar-refractivity contribution in [3.8, 4) is 0 Å². The summed E-state index contributed by atoms with van der Waals surface area (Å²) in [6, 6.07) is 15.4. The number of carbonyl (C=O) groups excluding carboxylic acids is 1. The van der Waals surface area contributed by atoms with Gasteiger partial charge in [-0.05, 0) is 48.2 Å². The van der Waals surface area contributed by atoms with Gasteiger partial charge in [-0.2, -0.15) is 0 Å². The van der Waals surface area contributed by atoms with Gasteiger partial charge in [0, 0.05) is 23.6 Å². The second kappa shape index (κ2) is 8.94. The number of para-hydroxylation sites is 1. The normalized spacial score (nSPS) is 10.4. The summed E-state index contributed by atoms with van der Waals surface area (Å²) in [5, 5.41) is 6.30. The van der Waals surface area contributed by atoms with Crippen LogP contribution in [0.2, 0.25) is 0 Å². The molecule has 0 spiro atoms. The Morgan fingerprint density at radius 1 is 0.926 bits per heavy atom. The van der Waals surface area contributed by atoms with Crippen molar-refractivity contribution in [2.24, 2.45) is 0 Å². The highest BCUT2D eigenvalue weighted by molar-refractivity contribution is 5.94. The van der Waals surface area contributed by atoms with Crippen molar-refractivity contribution < 1.29 is 4.79 Å². The Morgan fingerprint density at radius 2 is 1.70 bits per heavy atom. The second-order valence-corrected chi connectivity index (χ2v) is 6.22. The van der Waals surface area contributed by atoms with Gasteiger partial charge in [0.25, 0.3) is 5.91 Å². The SMILES string of the molecule is CCc1cccc(CC)c1Nc1cc(C(=O)NCc2ccccn2)ccn1. The number of pyridine rings is 2. The van der Waals surface area contributed by atoms with E-state index in [1.807, 2.05) is 18.2 Å². The van der Waals surface area contributed by atoms with Crippen molar-refractivity contribution in [1.29, 1.82) is 0 Å². The van der Waals surface area contributed by atoms with E-state index < -0.39 is 0 Å². The number of rotatable bonds is 7. The highest BCUT2D eigenvalue weighted by Crippen LogP contribution is 2.26. The lowest BCUT2D eigenvalue weighted by atomic mass is 10.0. The van der Waals surface area contributed by atoms with Gasteiger partial charge in [-0.15, -0.1) is 0 Å². The van der Waals surface area contributed by atoms with Crippen molar-refractivity contribution in [1.82, 2.24) is 15.3 Å². The number of benzene rings is 1. The molecule has 2 N–H and O–H groups in total. The van der Waals surface area contributed by atoms with Gasteiger partial charge in [0.2, 0.25) is 0 Å². The number of hydrogen-bond donors (Lipinski definition) is 2. The fraction of sp³-hybridized carbons (Fsp3) is 0.227. The molecule has 0 unspecified atom stereocenters. The first kappa shape index (κ1) is 18.6. The first-order chi connectivity index (χ1) is 13.2. The Hall–Kier alpha value is -3.21. The number of carbonyl (C=O) groups is 1. The van der Waals surface area contributed by atoms with E-state index in [-0.39, 0.29) is 5.91 Å². The van der Waals surface area contributed by atoms with Crippen LogP contribution in [0.5, 0.6) is 0 Å². The minimum Gasteiger partial charge on any atom is -0.346 e. The lowest BCUT2D eigenvalue weighted by Gasteiger charge is -2.15. The summed E-state index contributed by atoms with van der Waals surface area (Å²) in [7, 11) is 0. The standard InChI is InChI=1S/C22H24N4O/c1-3-16-8-7-9-17(4-2)21(16)26-20-14-18(11-13-24-20)22(27)25-15-19-10-5-6-12-23-19/h5-14H,3-4,15H2,1-2H3,(H,24,26)(H,25,27). The summed E-state index contributed by atoms with van der Waals surface area (Å²) >= 11 is 0. The van der Waals surface area contributed by atoms with Crippen molar-refractivity contribution in [3.05, 3.63) is 83.3 Å². The first-order valence-corrected chi connectivity index (χ1v) is 9.23. The van der Waals surface area contributed by atoms with E-state index in [9.17, 15) is 4.79 Å². The minimum atomic E-state index is -0.148. The molecule has 0 saturated heterocycles. The van der Waals surface area contributed by atoms with Crippen LogP contribution in [0.1, 0.15) is 41.0 Å². The largest absolute Gasteiger partial charge is 0.346 e. The van der Waals surface area contributed by atoms with Crippen LogP contribution in [0.15, 0.2) is 60.9 Å². The molecule has 1 amide bonds. The van der Waals surface area contributed by atoms with Crippen LogP contribution in [0.3, 0.4) is 0 Å². The van der Waals surface area contributed by atoms with E-state index in [2.05, 4.69) is 52.6 Å². The summed E-state index contributed by atoms with van der Waals surface area (Å²) in [5.74, 6) is 0.515. The van der Waals surface area contributed by atoms with Crippen molar-refractivity contribution in [2.75, 3.05) is 5.32 Å². The smallest absolute Gasteiger partial charge is 0.251 e. The molecule has 5 nitrogen and oxygen atoms in total. The highest BCUT2D eigenvalue weighted by Gasteiger charge is 2.10. The number of nitrogens with one attached hydrogen (secondary N) is 2. The zero-order valence-electron chi connectivity index (χ0n) is 15.7. The zero-order chi connectivity index (χ0) is 19.1. The van der Waals surface area contributed by atoms with Crippen LogP contribution in [-0.2, 0) is 19.4 Å². The molecule has 2 heterocycles. The first-order valence-electron chi connectivity index (χ1n) is 9.23. The summed E-state index contributed by atoms with van der Waals surface area (Å²) < 4.78 is 0. The molecule has 1 aromatic carbocycles. The average molecular weight is 360 g/mol. The third kappa shape index (κ3) is 4.70. The molecule has 0 bridgehead atoms. The Kier molecular flexibility index (Phi) is 6.15. The fourth-order valence-electron chi connectivity index (χ4n) is 2.95. The second-order valence-electron chi connectivity index (χ2n) is 6.22. The Labute approximate surface area is 159 Å². The lowest BCUT2D eigenvalue weighted by molar-refractivity contribution is 0.0950. The molecule has 0 aliphatic carbocycles. The van der Waals surface area contributed by atoms with Gasteiger partial charge in [-0.1, -0.05) is 38.1 Å². The maximum absolute atomic E-state index is 12.5. The van der Waals surface area contributed by atoms with Crippen molar-refractivity contribution in [3.63, 3.8) is 0 Å². The van der Waals surface area contributed by atoms with Gasteiger partial charge in [0.1, 0.15) is 5.82 Å². The van der Waals surface area contributed by atoms with Gasteiger partial charge >= 0.3 is 0 Å².